The van der Waals surface area contributed by atoms with E-state index in [1.165, 1.54) is 6.07 Å². The summed E-state index contributed by atoms with van der Waals surface area (Å²) < 4.78 is 40.2. The topological polar surface area (TPSA) is 75.4 Å². The van der Waals surface area contributed by atoms with Gasteiger partial charge in [-0.25, -0.2) is 17.5 Å². The first-order valence-corrected chi connectivity index (χ1v) is 8.46. The van der Waals surface area contributed by atoms with Crippen molar-refractivity contribution in [2.75, 3.05) is 27.2 Å². The second-order valence-corrected chi connectivity index (χ2v) is 7.14. The minimum Gasteiger partial charge on any atom is -0.326 e. The van der Waals surface area contributed by atoms with Crippen LogP contribution in [-0.4, -0.2) is 40.5 Å². The highest BCUT2D eigenvalue weighted by molar-refractivity contribution is 7.89. The lowest BCUT2D eigenvalue weighted by atomic mass is 10.2. The molecule has 0 spiro atoms. The molecule has 5 nitrogen and oxygen atoms in total. The first kappa shape index (κ1) is 18.3. The van der Waals surface area contributed by atoms with Crippen molar-refractivity contribution in [1.29, 1.82) is 0 Å². The number of nitrogens with one attached hydrogen (secondary N) is 1. The summed E-state index contributed by atoms with van der Waals surface area (Å²) in [6.45, 7) is 1.16. The molecule has 0 aliphatic heterocycles. The Morgan fingerprint density at radius 3 is 2.57 bits per heavy atom. The highest BCUT2D eigenvalue weighted by Gasteiger charge is 2.18. The van der Waals surface area contributed by atoms with Crippen molar-refractivity contribution in [3.63, 3.8) is 0 Å². The number of hydrogen-bond donors (Lipinski definition) is 2. The maximum Gasteiger partial charge on any atom is 0.240 e. The highest BCUT2D eigenvalue weighted by Crippen LogP contribution is 2.24. The first-order chi connectivity index (χ1) is 9.77. The van der Waals surface area contributed by atoms with E-state index >= 15 is 0 Å². The van der Waals surface area contributed by atoms with E-state index in [2.05, 4.69) is 4.72 Å². The fourth-order valence-corrected chi connectivity index (χ4v) is 3.09. The van der Waals surface area contributed by atoms with Gasteiger partial charge in [-0.15, -0.1) is 0 Å². The van der Waals surface area contributed by atoms with Crippen molar-refractivity contribution in [2.45, 2.75) is 24.3 Å². The van der Waals surface area contributed by atoms with Gasteiger partial charge in [0.2, 0.25) is 10.0 Å². The molecule has 0 amide bonds. The number of halogens is 2. The molecule has 0 atom stereocenters. The quantitative estimate of drug-likeness (QED) is 0.706. The Hall–Kier alpha value is -0.730. The van der Waals surface area contributed by atoms with Crippen LogP contribution in [0.5, 0.6) is 0 Å². The van der Waals surface area contributed by atoms with Crippen LogP contribution in [0, 0.1) is 5.82 Å². The van der Waals surface area contributed by atoms with E-state index in [1.807, 2.05) is 19.0 Å². The van der Waals surface area contributed by atoms with Gasteiger partial charge in [-0.3, -0.25) is 0 Å². The second-order valence-electron chi connectivity index (χ2n) is 4.99. The summed E-state index contributed by atoms with van der Waals surface area (Å²) >= 11 is 5.72. The van der Waals surface area contributed by atoms with Crippen LogP contribution in [0.1, 0.15) is 18.4 Å². The first-order valence-electron chi connectivity index (χ1n) is 6.60. The molecule has 1 rings (SSSR count). The third kappa shape index (κ3) is 5.52. The number of nitrogens with two attached hydrogens (primary N) is 1. The fraction of sp³-hybridized carbons (Fsp3) is 0.538. The molecule has 3 N–H and O–H groups in total. The van der Waals surface area contributed by atoms with Gasteiger partial charge in [0.15, 0.2) is 0 Å². The zero-order chi connectivity index (χ0) is 16.0. The van der Waals surface area contributed by atoms with E-state index < -0.39 is 15.8 Å². The van der Waals surface area contributed by atoms with Gasteiger partial charge in [-0.2, -0.15) is 0 Å². The molecule has 0 radical (unpaired) electrons. The molecule has 8 heteroatoms. The number of benzene rings is 1. The summed E-state index contributed by atoms with van der Waals surface area (Å²) in [5.74, 6) is -0.785. The summed E-state index contributed by atoms with van der Waals surface area (Å²) in [6.07, 6.45) is 1.58. The van der Waals surface area contributed by atoms with E-state index in [9.17, 15) is 12.8 Å². The lowest BCUT2D eigenvalue weighted by molar-refractivity contribution is 0.394. The Morgan fingerprint density at radius 2 is 2.00 bits per heavy atom. The van der Waals surface area contributed by atoms with Crippen molar-refractivity contribution in [3.05, 3.63) is 28.5 Å². The maximum atomic E-state index is 13.6. The maximum absolute atomic E-state index is 13.6. The molecule has 21 heavy (non-hydrogen) atoms. The van der Waals surface area contributed by atoms with E-state index in [-0.39, 0.29) is 22.0 Å². The monoisotopic (exact) mass is 337 g/mol. The number of unbranched alkanes of at least 4 members (excludes halogenated alkanes) is 1. The van der Waals surface area contributed by atoms with Gasteiger partial charge in [-0.05, 0) is 51.2 Å². The molecule has 1 aromatic carbocycles. The minimum absolute atomic E-state index is 0.0258. The molecule has 0 heterocycles. The lowest BCUT2D eigenvalue weighted by Gasteiger charge is -2.11. The van der Waals surface area contributed by atoms with Gasteiger partial charge in [0, 0.05) is 13.1 Å². The summed E-state index contributed by atoms with van der Waals surface area (Å²) in [7, 11) is 0.156. The molecule has 0 saturated carbocycles. The van der Waals surface area contributed by atoms with Crippen LogP contribution < -0.4 is 10.5 Å². The molecule has 0 fully saturated rings. The number of sulfonamides is 1. The molecule has 0 unspecified atom stereocenters. The van der Waals surface area contributed by atoms with Gasteiger partial charge in [-0.1, -0.05) is 11.6 Å². The summed E-state index contributed by atoms with van der Waals surface area (Å²) in [5, 5.41) is -0.137. The molecule has 0 aliphatic carbocycles. The molecule has 0 aromatic heterocycles. The van der Waals surface area contributed by atoms with Gasteiger partial charge < -0.3 is 10.6 Å². The summed E-state index contributed by atoms with van der Waals surface area (Å²) in [6, 6.07) is 2.21. The Labute approximate surface area is 130 Å². The average Bonchev–Trinajstić information content (AvgIpc) is 2.40. The number of nitrogens with zero attached hydrogens (tertiary/aromatic N) is 1. The molecular weight excluding hydrogens is 317 g/mol. The molecule has 1 aromatic rings. The summed E-state index contributed by atoms with van der Waals surface area (Å²) in [5.41, 5.74) is 5.70. The van der Waals surface area contributed by atoms with Gasteiger partial charge >= 0.3 is 0 Å². The third-order valence-electron chi connectivity index (χ3n) is 2.93. The third-order valence-corrected chi connectivity index (χ3v) is 4.80. The Kier molecular flexibility index (Phi) is 7.02. The number of rotatable bonds is 8. The summed E-state index contributed by atoms with van der Waals surface area (Å²) in [4.78, 5) is 1.87. The van der Waals surface area contributed by atoms with E-state index in [0.29, 0.717) is 13.0 Å². The van der Waals surface area contributed by atoms with Gasteiger partial charge in [0.1, 0.15) is 5.82 Å². The van der Waals surface area contributed by atoms with Crippen LogP contribution in [-0.2, 0) is 16.6 Å². The zero-order valence-corrected chi connectivity index (χ0v) is 13.8. The smallest absolute Gasteiger partial charge is 0.240 e. The Morgan fingerprint density at radius 1 is 1.33 bits per heavy atom. The van der Waals surface area contributed by atoms with E-state index in [4.69, 9.17) is 17.3 Å². The van der Waals surface area contributed by atoms with E-state index in [0.717, 1.165) is 19.0 Å². The van der Waals surface area contributed by atoms with Crippen molar-refractivity contribution in [1.82, 2.24) is 9.62 Å². The minimum atomic E-state index is -3.75. The van der Waals surface area contributed by atoms with E-state index in [1.54, 1.807) is 0 Å². The van der Waals surface area contributed by atoms with Crippen molar-refractivity contribution >= 4 is 21.6 Å². The van der Waals surface area contributed by atoms with Crippen LogP contribution in [0.2, 0.25) is 5.02 Å². The highest BCUT2D eigenvalue weighted by atomic mass is 35.5. The van der Waals surface area contributed by atoms with Gasteiger partial charge in [0.25, 0.3) is 0 Å². The predicted molar refractivity (Wildman–Crippen MR) is 82.3 cm³/mol. The van der Waals surface area contributed by atoms with Crippen LogP contribution in [0.25, 0.3) is 0 Å². The van der Waals surface area contributed by atoms with Gasteiger partial charge in [0.05, 0.1) is 9.92 Å². The number of hydrogen-bond acceptors (Lipinski definition) is 4. The van der Waals surface area contributed by atoms with Crippen molar-refractivity contribution in [2.24, 2.45) is 5.73 Å². The normalized spacial score (nSPS) is 12.1. The average molecular weight is 338 g/mol. The Balaban J connectivity index is 2.72. The predicted octanol–water partition coefficient (Wildman–Crippen LogP) is 1.56. The molecule has 120 valence electrons. The molecule has 0 saturated heterocycles. The zero-order valence-electron chi connectivity index (χ0n) is 12.2. The van der Waals surface area contributed by atoms with Crippen LogP contribution >= 0.6 is 11.6 Å². The van der Waals surface area contributed by atoms with Crippen molar-refractivity contribution < 1.29 is 12.8 Å². The molecular formula is C13H21ClFN3O2S. The Bertz CT molecular complexity index is 579. The van der Waals surface area contributed by atoms with Crippen LogP contribution in [0.3, 0.4) is 0 Å². The fourth-order valence-electron chi connectivity index (χ4n) is 1.76. The SMILES string of the molecule is CN(C)CCCCNS(=O)(=O)c1cc(F)c(Cl)c(CN)c1. The van der Waals surface area contributed by atoms with Crippen LogP contribution in [0.15, 0.2) is 17.0 Å². The van der Waals surface area contributed by atoms with Crippen molar-refractivity contribution in [3.8, 4) is 0 Å². The molecule has 0 bridgehead atoms. The van der Waals surface area contributed by atoms with Crippen LogP contribution in [0.4, 0.5) is 4.39 Å². The standard InChI is InChI=1S/C13H21ClFN3O2S/c1-18(2)6-4-3-5-17-21(19,20)11-7-10(9-16)13(14)12(15)8-11/h7-8,17H,3-6,9,16H2,1-2H3. The second kappa shape index (κ2) is 8.05. The largest absolute Gasteiger partial charge is 0.326 e. The molecule has 0 aliphatic rings. The lowest BCUT2D eigenvalue weighted by Crippen LogP contribution is -2.26.